The number of nitrogens with zero attached hydrogens (tertiary/aromatic N) is 2. The third kappa shape index (κ3) is 3.83. The molecule has 0 spiro atoms. The molecule has 70 valence electrons. The van der Waals surface area contributed by atoms with Gasteiger partial charge in [-0.05, 0) is 39.8 Å². The van der Waals surface area contributed by atoms with Crippen LogP contribution in [0.15, 0.2) is 23.2 Å². The van der Waals surface area contributed by atoms with Gasteiger partial charge in [0.15, 0.2) is 0 Å². The Kier molecular flexibility index (Phi) is 2.81. The largest absolute Gasteiger partial charge is 0.285 e. The molecule has 0 aliphatic rings. The van der Waals surface area contributed by atoms with Crippen LogP contribution < -0.4 is 0 Å². The molecule has 1 rings (SSSR count). The van der Waals surface area contributed by atoms with Crippen LogP contribution in [-0.2, 0) is 0 Å². The van der Waals surface area contributed by atoms with Crippen molar-refractivity contribution in [2.24, 2.45) is 4.99 Å². The summed E-state index contributed by atoms with van der Waals surface area (Å²) in [4.78, 5) is 8.71. The van der Waals surface area contributed by atoms with E-state index in [0.29, 0.717) is 0 Å². The molecular weight excluding hydrogens is 160 g/mol. The van der Waals surface area contributed by atoms with E-state index in [1.807, 2.05) is 31.3 Å². The van der Waals surface area contributed by atoms with Gasteiger partial charge in [0.05, 0.1) is 11.2 Å². The zero-order chi connectivity index (χ0) is 9.90. The van der Waals surface area contributed by atoms with Crippen LogP contribution in [0.4, 0.5) is 0 Å². The number of aromatic nitrogens is 1. The van der Waals surface area contributed by atoms with Crippen LogP contribution >= 0.6 is 0 Å². The van der Waals surface area contributed by atoms with Gasteiger partial charge in [0.25, 0.3) is 0 Å². The summed E-state index contributed by atoms with van der Waals surface area (Å²) in [7, 11) is 0. The second kappa shape index (κ2) is 3.69. The second-order valence-electron chi connectivity index (χ2n) is 4.13. The molecule has 2 heteroatoms. The number of aliphatic imine (C=N–C) groups is 1. The molecule has 0 aliphatic heterocycles. The van der Waals surface area contributed by atoms with E-state index >= 15 is 0 Å². The Hall–Kier alpha value is -1.18. The van der Waals surface area contributed by atoms with Gasteiger partial charge in [-0.15, -0.1) is 0 Å². The maximum absolute atomic E-state index is 4.38. The van der Waals surface area contributed by atoms with Gasteiger partial charge in [-0.1, -0.05) is 6.07 Å². The average Bonchev–Trinajstić information content (AvgIpc) is 2.00. The summed E-state index contributed by atoms with van der Waals surface area (Å²) in [6.45, 7) is 8.19. The summed E-state index contributed by atoms with van der Waals surface area (Å²) in [6.07, 6.45) is 1.83. The van der Waals surface area contributed by atoms with E-state index < -0.39 is 0 Å². The predicted molar refractivity (Wildman–Crippen MR) is 56.3 cm³/mol. The van der Waals surface area contributed by atoms with Crippen LogP contribution in [0, 0.1) is 6.92 Å². The standard InChI is InChI=1S/C11H16N2/c1-9-6-5-7-10(13-9)8-12-11(2,3)4/h5-8H,1-4H3/b12-8+. The van der Waals surface area contributed by atoms with Gasteiger partial charge in [-0.3, -0.25) is 9.98 Å². The first kappa shape index (κ1) is 9.90. The molecule has 0 bridgehead atoms. The molecule has 1 heterocycles. The molecule has 0 amide bonds. The molecule has 0 aliphatic carbocycles. The van der Waals surface area contributed by atoms with Crippen LogP contribution in [0.3, 0.4) is 0 Å². The molecule has 2 nitrogen and oxygen atoms in total. The van der Waals surface area contributed by atoms with Gasteiger partial charge in [-0.2, -0.15) is 0 Å². The number of hydrogen-bond donors (Lipinski definition) is 0. The fourth-order valence-electron chi connectivity index (χ4n) is 0.896. The number of pyridine rings is 1. The van der Waals surface area contributed by atoms with E-state index in [1.165, 1.54) is 0 Å². The molecule has 1 aromatic rings. The monoisotopic (exact) mass is 176 g/mol. The highest BCUT2D eigenvalue weighted by molar-refractivity contribution is 5.77. The van der Waals surface area contributed by atoms with Crippen LogP contribution in [0.5, 0.6) is 0 Å². The third-order valence-corrected chi connectivity index (χ3v) is 1.49. The van der Waals surface area contributed by atoms with E-state index in [1.54, 1.807) is 0 Å². The van der Waals surface area contributed by atoms with Crippen molar-refractivity contribution in [1.82, 2.24) is 4.98 Å². The fraction of sp³-hybridized carbons (Fsp3) is 0.455. The van der Waals surface area contributed by atoms with E-state index in [2.05, 4.69) is 30.7 Å². The highest BCUT2D eigenvalue weighted by atomic mass is 14.8. The van der Waals surface area contributed by atoms with E-state index in [-0.39, 0.29) is 5.54 Å². The molecule has 0 fully saturated rings. The summed E-state index contributed by atoms with van der Waals surface area (Å²) in [5.74, 6) is 0. The smallest absolute Gasteiger partial charge is 0.0811 e. The van der Waals surface area contributed by atoms with Crippen molar-refractivity contribution < 1.29 is 0 Å². The molecule has 13 heavy (non-hydrogen) atoms. The lowest BCUT2D eigenvalue weighted by atomic mass is 10.1. The second-order valence-corrected chi connectivity index (χ2v) is 4.13. The zero-order valence-corrected chi connectivity index (χ0v) is 8.70. The van der Waals surface area contributed by atoms with Crippen LogP contribution in [0.2, 0.25) is 0 Å². The quantitative estimate of drug-likeness (QED) is 0.604. The van der Waals surface area contributed by atoms with Crippen molar-refractivity contribution in [3.63, 3.8) is 0 Å². The van der Waals surface area contributed by atoms with Crippen molar-refractivity contribution >= 4 is 6.21 Å². The molecule has 0 N–H and O–H groups in total. The normalized spacial score (nSPS) is 12.3. The van der Waals surface area contributed by atoms with Gasteiger partial charge in [0.2, 0.25) is 0 Å². The average molecular weight is 176 g/mol. The van der Waals surface area contributed by atoms with Crippen molar-refractivity contribution in [2.45, 2.75) is 33.2 Å². The first-order valence-electron chi connectivity index (χ1n) is 4.46. The maximum Gasteiger partial charge on any atom is 0.0811 e. The topological polar surface area (TPSA) is 25.2 Å². The molecule has 0 unspecified atom stereocenters. The van der Waals surface area contributed by atoms with Crippen molar-refractivity contribution in [3.8, 4) is 0 Å². The van der Waals surface area contributed by atoms with Gasteiger partial charge in [0, 0.05) is 11.9 Å². The van der Waals surface area contributed by atoms with Crippen molar-refractivity contribution in [1.29, 1.82) is 0 Å². The van der Waals surface area contributed by atoms with E-state index in [4.69, 9.17) is 0 Å². The van der Waals surface area contributed by atoms with E-state index in [0.717, 1.165) is 11.4 Å². The summed E-state index contributed by atoms with van der Waals surface area (Å²) < 4.78 is 0. The third-order valence-electron chi connectivity index (χ3n) is 1.49. The molecule has 0 saturated carbocycles. The predicted octanol–water partition coefficient (Wildman–Crippen LogP) is 2.61. The summed E-state index contributed by atoms with van der Waals surface area (Å²) in [6, 6.07) is 5.93. The Balaban J connectivity index is 2.80. The Morgan fingerprint density at radius 3 is 2.54 bits per heavy atom. The highest BCUT2D eigenvalue weighted by Crippen LogP contribution is 2.06. The summed E-state index contributed by atoms with van der Waals surface area (Å²) >= 11 is 0. The Labute approximate surface area is 79.7 Å². The van der Waals surface area contributed by atoms with Crippen LogP contribution in [-0.4, -0.2) is 16.7 Å². The zero-order valence-electron chi connectivity index (χ0n) is 8.70. The molecule has 0 saturated heterocycles. The Morgan fingerprint density at radius 1 is 1.31 bits per heavy atom. The summed E-state index contributed by atoms with van der Waals surface area (Å²) in [5.41, 5.74) is 1.93. The van der Waals surface area contributed by atoms with Crippen LogP contribution in [0.25, 0.3) is 0 Å². The summed E-state index contributed by atoms with van der Waals surface area (Å²) in [5, 5.41) is 0. The number of hydrogen-bond acceptors (Lipinski definition) is 2. The highest BCUT2D eigenvalue weighted by Gasteiger charge is 2.04. The Bertz CT molecular complexity index is 308. The minimum atomic E-state index is -0.0224. The molecule has 1 aromatic heterocycles. The Morgan fingerprint density at radius 2 is 2.00 bits per heavy atom. The van der Waals surface area contributed by atoms with Crippen LogP contribution in [0.1, 0.15) is 32.2 Å². The van der Waals surface area contributed by atoms with E-state index in [9.17, 15) is 0 Å². The van der Waals surface area contributed by atoms with Gasteiger partial charge >= 0.3 is 0 Å². The minimum absolute atomic E-state index is 0.0224. The first-order valence-corrected chi connectivity index (χ1v) is 4.46. The minimum Gasteiger partial charge on any atom is -0.285 e. The number of rotatable bonds is 1. The lowest BCUT2D eigenvalue weighted by Gasteiger charge is -2.10. The lowest BCUT2D eigenvalue weighted by Crippen LogP contribution is -2.09. The lowest BCUT2D eigenvalue weighted by molar-refractivity contribution is 0.586. The maximum atomic E-state index is 4.38. The molecule has 0 aromatic carbocycles. The molecule has 0 radical (unpaired) electrons. The molecular formula is C11H16N2. The molecule has 0 atom stereocenters. The SMILES string of the molecule is Cc1cccc(/C=N/C(C)(C)C)n1. The first-order chi connectivity index (χ1) is 5.97. The van der Waals surface area contributed by atoms with Crippen molar-refractivity contribution in [2.75, 3.05) is 0 Å². The van der Waals surface area contributed by atoms with Gasteiger partial charge in [0.1, 0.15) is 0 Å². The number of aryl methyl sites for hydroxylation is 1. The van der Waals surface area contributed by atoms with Gasteiger partial charge in [-0.25, -0.2) is 0 Å². The van der Waals surface area contributed by atoms with Crippen molar-refractivity contribution in [3.05, 3.63) is 29.6 Å². The fourth-order valence-corrected chi connectivity index (χ4v) is 0.896. The van der Waals surface area contributed by atoms with Gasteiger partial charge < -0.3 is 0 Å².